The monoisotopic (exact) mass is 285 g/mol. The predicted molar refractivity (Wildman–Crippen MR) is 83.3 cm³/mol. The topological polar surface area (TPSA) is 50.1 Å². The molecule has 1 aromatic heterocycles. The van der Waals surface area contributed by atoms with Crippen molar-refractivity contribution in [1.82, 2.24) is 15.1 Å². The first-order chi connectivity index (χ1) is 10.3. The second-order valence-electron chi connectivity index (χ2n) is 5.77. The van der Waals surface area contributed by atoms with Crippen LogP contribution in [0.25, 0.3) is 5.69 Å². The molecule has 0 aliphatic heterocycles. The summed E-state index contributed by atoms with van der Waals surface area (Å²) in [5, 5.41) is 18.1. The van der Waals surface area contributed by atoms with Crippen LogP contribution >= 0.6 is 0 Å². The van der Waals surface area contributed by atoms with E-state index < -0.39 is 0 Å². The van der Waals surface area contributed by atoms with E-state index in [1.807, 2.05) is 29.1 Å². The fourth-order valence-corrected chi connectivity index (χ4v) is 3.06. The summed E-state index contributed by atoms with van der Waals surface area (Å²) in [4.78, 5) is 0. The van der Waals surface area contributed by atoms with Crippen molar-refractivity contribution in [1.29, 1.82) is 0 Å². The number of hydrogen-bond acceptors (Lipinski definition) is 3. The SMILES string of the molecule is OC1CCCCCC1NCc1ccccc1-n1cccn1. The highest BCUT2D eigenvalue weighted by Gasteiger charge is 2.21. The molecule has 0 radical (unpaired) electrons. The molecule has 1 aliphatic carbocycles. The number of nitrogens with zero attached hydrogens (tertiary/aromatic N) is 2. The van der Waals surface area contributed by atoms with Gasteiger partial charge in [0.1, 0.15) is 0 Å². The average Bonchev–Trinajstić information content (AvgIpc) is 2.96. The third-order valence-electron chi connectivity index (χ3n) is 4.28. The second kappa shape index (κ2) is 6.87. The Morgan fingerprint density at radius 3 is 2.86 bits per heavy atom. The molecule has 2 atom stereocenters. The minimum Gasteiger partial charge on any atom is -0.392 e. The van der Waals surface area contributed by atoms with Gasteiger partial charge in [-0.1, -0.05) is 37.5 Å². The van der Waals surface area contributed by atoms with Crippen LogP contribution in [0.1, 0.15) is 37.7 Å². The third kappa shape index (κ3) is 3.52. The van der Waals surface area contributed by atoms with Gasteiger partial charge >= 0.3 is 0 Å². The van der Waals surface area contributed by atoms with Crippen LogP contribution in [0.15, 0.2) is 42.7 Å². The van der Waals surface area contributed by atoms with Crippen LogP contribution in [0.5, 0.6) is 0 Å². The van der Waals surface area contributed by atoms with E-state index >= 15 is 0 Å². The van der Waals surface area contributed by atoms with Crippen molar-refractivity contribution in [3.63, 3.8) is 0 Å². The van der Waals surface area contributed by atoms with E-state index in [-0.39, 0.29) is 12.1 Å². The van der Waals surface area contributed by atoms with Gasteiger partial charge in [-0.15, -0.1) is 0 Å². The van der Waals surface area contributed by atoms with Crippen molar-refractivity contribution in [3.05, 3.63) is 48.3 Å². The van der Waals surface area contributed by atoms with E-state index in [1.54, 1.807) is 6.20 Å². The maximum absolute atomic E-state index is 10.2. The van der Waals surface area contributed by atoms with Gasteiger partial charge in [-0.2, -0.15) is 5.10 Å². The molecule has 1 heterocycles. The molecule has 0 bridgehead atoms. The fourth-order valence-electron chi connectivity index (χ4n) is 3.06. The molecule has 2 unspecified atom stereocenters. The Hall–Kier alpha value is -1.65. The molecule has 4 heteroatoms. The van der Waals surface area contributed by atoms with Crippen LogP contribution in [-0.2, 0) is 6.54 Å². The van der Waals surface area contributed by atoms with Gasteiger partial charge in [-0.25, -0.2) is 4.68 Å². The van der Waals surface area contributed by atoms with Gasteiger partial charge in [0.2, 0.25) is 0 Å². The van der Waals surface area contributed by atoms with Gasteiger partial charge < -0.3 is 10.4 Å². The summed E-state index contributed by atoms with van der Waals surface area (Å²) < 4.78 is 1.89. The minimum atomic E-state index is -0.218. The number of rotatable bonds is 4. The van der Waals surface area contributed by atoms with Gasteiger partial charge in [-0.3, -0.25) is 0 Å². The summed E-state index contributed by atoms with van der Waals surface area (Å²) in [6.07, 6.45) is 9.09. The van der Waals surface area contributed by atoms with Crippen LogP contribution in [0.3, 0.4) is 0 Å². The fraction of sp³-hybridized carbons (Fsp3) is 0.471. The molecule has 1 saturated carbocycles. The summed E-state index contributed by atoms with van der Waals surface area (Å²) in [6.45, 7) is 0.762. The van der Waals surface area contributed by atoms with E-state index in [2.05, 4.69) is 22.5 Å². The third-order valence-corrected chi connectivity index (χ3v) is 4.28. The summed E-state index contributed by atoms with van der Waals surface area (Å²) in [5.41, 5.74) is 2.30. The molecule has 2 N–H and O–H groups in total. The average molecular weight is 285 g/mol. The number of nitrogens with one attached hydrogen (secondary N) is 1. The van der Waals surface area contributed by atoms with Gasteiger partial charge in [0.15, 0.2) is 0 Å². The van der Waals surface area contributed by atoms with Crippen LogP contribution < -0.4 is 5.32 Å². The minimum absolute atomic E-state index is 0.207. The first kappa shape index (κ1) is 14.3. The Balaban J connectivity index is 1.70. The quantitative estimate of drug-likeness (QED) is 0.849. The first-order valence-electron chi connectivity index (χ1n) is 7.84. The molecule has 112 valence electrons. The number of benzene rings is 1. The highest BCUT2D eigenvalue weighted by atomic mass is 16.3. The number of aliphatic hydroxyl groups excluding tert-OH is 1. The molecular formula is C17H23N3O. The van der Waals surface area contributed by atoms with E-state index in [4.69, 9.17) is 0 Å². The molecule has 2 aromatic rings. The summed E-state index contributed by atoms with van der Waals surface area (Å²) in [6, 6.07) is 10.4. The van der Waals surface area contributed by atoms with Crippen molar-refractivity contribution >= 4 is 0 Å². The highest BCUT2D eigenvalue weighted by Crippen LogP contribution is 2.19. The Kier molecular flexibility index (Phi) is 4.68. The van der Waals surface area contributed by atoms with E-state index in [1.165, 1.54) is 18.4 Å². The lowest BCUT2D eigenvalue weighted by molar-refractivity contribution is 0.119. The first-order valence-corrected chi connectivity index (χ1v) is 7.84. The van der Waals surface area contributed by atoms with Crippen molar-refractivity contribution in [2.75, 3.05) is 0 Å². The zero-order valence-electron chi connectivity index (χ0n) is 12.3. The highest BCUT2D eigenvalue weighted by molar-refractivity contribution is 5.40. The number of aromatic nitrogens is 2. The molecule has 4 nitrogen and oxygen atoms in total. The Labute approximate surface area is 125 Å². The molecule has 1 fully saturated rings. The number of hydrogen-bond donors (Lipinski definition) is 2. The van der Waals surface area contributed by atoms with Crippen LogP contribution in [-0.4, -0.2) is 27.0 Å². The molecule has 3 rings (SSSR count). The lowest BCUT2D eigenvalue weighted by atomic mass is 10.1. The number of aliphatic hydroxyl groups is 1. The molecule has 1 aliphatic rings. The normalized spacial score (nSPS) is 22.9. The Morgan fingerprint density at radius 1 is 1.14 bits per heavy atom. The summed E-state index contributed by atoms with van der Waals surface area (Å²) in [5.74, 6) is 0. The van der Waals surface area contributed by atoms with Gasteiger partial charge in [-0.05, 0) is 30.5 Å². The van der Waals surface area contributed by atoms with Crippen LogP contribution in [0.2, 0.25) is 0 Å². The standard InChI is InChI=1S/C17H23N3O/c21-17-10-3-1-2-8-15(17)18-13-14-7-4-5-9-16(14)20-12-6-11-19-20/h4-7,9,11-12,15,17-18,21H,1-3,8,10,13H2. The van der Waals surface area contributed by atoms with E-state index in [0.29, 0.717) is 0 Å². The molecule has 0 saturated heterocycles. The van der Waals surface area contributed by atoms with Crippen LogP contribution in [0, 0.1) is 0 Å². The van der Waals surface area contributed by atoms with Crippen molar-refractivity contribution in [3.8, 4) is 5.69 Å². The number of para-hydroxylation sites is 1. The van der Waals surface area contributed by atoms with E-state index in [0.717, 1.165) is 31.5 Å². The lowest BCUT2D eigenvalue weighted by Gasteiger charge is -2.22. The van der Waals surface area contributed by atoms with Gasteiger partial charge in [0.25, 0.3) is 0 Å². The summed E-state index contributed by atoms with van der Waals surface area (Å²) >= 11 is 0. The molecule has 21 heavy (non-hydrogen) atoms. The van der Waals surface area contributed by atoms with Gasteiger partial charge in [0, 0.05) is 25.0 Å². The molecule has 0 amide bonds. The van der Waals surface area contributed by atoms with Crippen LogP contribution in [0.4, 0.5) is 0 Å². The van der Waals surface area contributed by atoms with Gasteiger partial charge in [0.05, 0.1) is 11.8 Å². The second-order valence-corrected chi connectivity index (χ2v) is 5.77. The zero-order chi connectivity index (χ0) is 14.5. The maximum atomic E-state index is 10.2. The maximum Gasteiger partial charge on any atom is 0.0693 e. The molecule has 1 aromatic carbocycles. The molecular weight excluding hydrogens is 262 g/mol. The zero-order valence-corrected chi connectivity index (χ0v) is 12.3. The Bertz CT molecular complexity index is 553. The van der Waals surface area contributed by atoms with Crippen molar-refractivity contribution < 1.29 is 5.11 Å². The van der Waals surface area contributed by atoms with E-state index in [9.17, 15) is 5.11 Å². The van der Waals surface area contributed by atoms with Crippen molar-refractivity contribution in [2.45, 2.75) is 50.8 Å². The predicted octanol–water partition coefficient (Wildman–Crippen LogP) is 2.66. The smallest absolute Gasteiger partial charge is 0.0693 e. The lowest BCUT2D eigenvalue weighted by Crippen LogP contribution is -2.38. The largest absolute Gasteiger partial charge is 0.392 e. The summed E-state index contributed by atoms with van der Waals surface area (Å²) in [7, 11) is 0. The molecule has 0 spiro atoms. The van der Waals surface area contributed by atoms with Crippen molar-refractivity contribution in [2.24, 2.45) is 0 Å². The Morgan fingerprint density at radius 2 is 2.00 bits per heavy atom.